The van der Waals surface area contributed by atoms with Crippen molar-refractivity contribution >= 4 is 23.6 Å². The van der Waals surface area contributed by atoms with Crippen molar-refractivity contribution in [2.24, 2.45) is 4.99 Å². The molecule has 0 spiro atoms. The van der Waals surface area contributed by atoms with Crippen LogP contribution in [0.25, 0.3) is 0 Å². The van der Waals surface area contributed by atoms with E-state index in [-0.39, 0.29) is 5.97 Å². The zero-order valence-corrected chi connectivity index (χ0v) is 13.1. The molecule has 22 heavy (non-hydrogen) atoms. The summed E-state index contributed by atoms with van der Waals surface area (Å²) in [5.74, 6) is -0.308. The van der Waals surface area contributed by atoms with Gasteiger partial charge < -0.3 is 9.64 Å². The Morgan fingerprint density at radius 2 is 1.73 bits per heavy atom. The Hall–Kier alpha value is -2.62. The van der Waals surface area contributed by atoms with E-state index in [1.54, 1.807) is 37.4 Å². The van der Waals surface area contributed by atoms with E-state index in [4.69, 9.17) is 4.74 Å². The van der Waals surface area contributed by atoms with Gasteiger partial charge in [0, 0.05) is 26.0 Å². The lowest BCUT2D eigenvalue weighted by Crippen LogP contribution is -2.08. The number of hydrogen-bond acceptors (Lipinski definition) is 4. The second kappa shape index (κ2) is 7.41. The lowest BCUT2D eigenvalue weighted by Gasteiger charge is -2.11. The SMILES string of the molecule is CCOC(=O)c1ccc(/N=C/c2ccc(N(C)C)cc2)cc1. The van der Waals surface area contributed by atoms with Crippen molar-refractivity contribution in [2.75, 3.05) is 25.6 Å². The molecule has 2 aromatic rings. The minimum atomic E-state index is -0.308. The molecule has 0 fully saturated rings. The smallest absolute Gasteiger partial charge is 0.338 e. The Bertz CT molecular complexity index is 644. The molecule has 0 aromatic heterocycles. The van der Waals surface area contributed by atoms with Crippen LogP contribution in [0.3, 0.4) is 0 Å². The van der Waals surface area contributed by atoms with Crippen molar-refractivity contribution in [1.29, 1.82) is 0 Å². The van der Waals surface area contributed by atoms with E-state index < -0.39 is 0 Å². The van der Waals surface area contributed by atoms with Gasteiger partial charge in [-0.2, -0.15) is 0 Å². The van der Waals surface area contributed by atoms with Crippen LogP contribution in [-0.2, 0) is 4.74 Å². The van der Waals surface area contributed by atoms with Crippen LogP contribution in [0.15, 0.2) is 53.5 Å². The van der Waals surface area contributed by atoms with E-state index in [9.17, 15) is 4.79 Å². The van der Waals surface area contributed by atoms with Crippen LogP contribution >= 0.6 is 0 Å². The average molecular weight is 296 g/mol. The predicted molar refractivity (Wildman–Crippen MR) is 90.4 cm³/mol. The molecule has 4 heteroatoms. The van der Waals surface area contributed by atoms with Crippen LogP contribution in [0, 0.1) is 0 Å². The van der Waals surface area contributed by atoms with Gasteiger partial charge >= 0.3 is 5.97 Å². The highest BCUT2D eigenvalue weighted by molar-refractivity contribution is 5.90. The Labute approximate surface area is 131 Å². The van der Waals surface area contributed by atoms with Crippen molar-refractivity contribution in [1.82, 2.24) is 0 Å². The number of rotatable bonds is 5. The zero-order chi connectivity index (χ0) is 15.9. The van der Waals surface area contributed by atoms with Crippen molar-refractivity contribution in [3.8, 4) is 0 Å². The van der Waals surface area contributed by atoms with E-state index in [2.05, 4.69) is 9.89 Å². The molecule has 2 rings (SSSR count). The van der Waals surface area contributed by atoms with Crippen LogP contribution in [-0.4, -0.2) is 32.9 Å². The maximum absolute atomic E-state index is 11.6. The van der Waals surface area contributed by atoms with Crippen LogP contribution in [0.4, 0.5) is 11.4 Å². The molecule has 0 radical (unpaired) electrons. The molecule has 4 nitrogen and oxygen atoms in total. The Morgan fingerprint density at radius 1 is 1.09 bits per heavy atom. The number of esters is 1. The van der Waals surface area contributed by atoms with E-state index in [1.807, 2.05) is 38.4 Å². The minimum Gasteiger partial charge on any atom is -0.462 e. The molecule has 0 heterocycles. The van der Waals surface area contributed by atoms with E-state index >= 15 is 0 Å². The van der Waals surface area contributed by atoms with Gasteiger partial charge in [-0.1, -0.05) is 12.1 Å². The van der Waals surface area contributed by atoms with Crippen molar-refractivity contribution in [3.63, 3.8) is 0 Å². The summed E-state index contributed by atoms with van der Waals surface area (Å²) in [6.07, 6.45) is 1.80. The van der Waals surface area contributed by atoms with Crippen molar-refractivity contribution in [2.45, 2.75) is 6.92 Å². The van der Waals surface area contributed by atoms with Crippen LogP contribution in [0.1, 0.15) is 22.8 Å². The maximum atomic E-state index is 11.6. The second-order valence-electron chi connectivity index (χ2n) is 5.01. The first-order chi connectivity index (χ1) is 10.6. The molecule has 0 aliphatic heterocycles. The number of ether oxygens (including phenoxy) is 1. The molecule has 0 N–H and O–H groups in total. The summed E-state index contributed by atoms with van der Waals surface area (Å²) in [5, 5.41) is 0. The summed E-state index contributed by atoms with van der Waals surface area (Å²) >= 11 is 0. The maximum Gasteiger partial charge on any atom is 0.338 e. The monoisotopic (exact) mass is 296 g/mol. The average Bonchev–Trinajstić information content (AvgIpc) is 2.54. The molecule has 114 valence electrons. The number of anilines is 1. The molecule has 0 saturated carbocycles. The Morgan fingerprint density at radius 3 is 2.27 bits per heavy atom. The van der Waals surface area contributed by atoms with Crippen LogP contribution in [0.2, 0.25) is 0 Å². The highest BCUT2D eigenvalue weighted by Crippen LogP contribution is 2.15. The Kier molecular flexibility index (Phi) is 5.31. The van der Waals surface area contributed by atoms with Gasteiger partial charge in [0.05, 0.1) is 17.9 Å². The first kappa shape index (κ1) is 15.8. The molecule has 0 saturated heterocycles. The van der Waals surface area contributed by atoms with Gasteiger partial charge in [0.2, 0.25) is 0 Å². The molecule has 0 atom stereocenters. The van der Waals surface area contributed by atoms with E-state index in [0.29, 0.717) is 12.2 Å². The van der Waals surface area contributed by atoms with Gasteiger partial charge in [0.25, 0.3) is 0 Å². The number of aliphatic imine (C=N–C) groups is 1. The van der Waals surface area contributed by atoms with E-state index in [0.717, 1.165) is 16.9 Å². The summed E-state index contributed by atoms with van der Waals surface area (Å²) < 4.78 is 4.95. The number of carbonyl (C=O) groups excluding carboxylic acids is 1. The van der Waals surface area contributed by atoms with Gasteiger partial charge in [-0.25, -0.2) is 4.79 Å². The fourth-order valence-electron chi connectivity index (χ4n) is 1.91. The number of nitrogens with zero attached hydrogens (tertiary/aromatic N) is 2. The second-order valence-corrected chi connectivity index (χ2v) is 5.01. The molecule has 0 aliphatic carbocycles. The highest BCUT2D eigenvalue weighted by atomic mass is 16.5. The molecule has 2 aromatic carbocycles. The lowest BCUT2D eigenvalue weighted by molar-refractivity contribution is 0.0526. The normalized spacial score (nSPS) is 10.7. The summed E-state index contributed by atoms with van der Waals surface area (Å²) in [4.78, 5) is 18.0. The molecule has 0 amide bonds. The van der Waals surface area contributed by atoms with Crippen LogP contribution < -0.4 is 4.90 Å². The molecule has 0 aliphatic rings. The third kappa shape index (κ3) is 4.19. The zero-order valence-electron chi connectivity index (χ0n) is 13.1. The summed E-state index contributed by atoms with van der Waals surface area (Å²) in [6.45, 7) is 2.17. The Balaban J connectivity index is 2.05. The highest BCUT2D eigenvalue weighted by Gasteiger charge is 2.04. The fourth-order valence-corrected chi connectivity index (χ4v) is 1.91. The van der Waals surface area contributed by atoms with Gasteiger partial charge in [0.1, 0.15) is 0 Å². The first-order valence-electron chi connectivity index (χ1n) is 7.19. The molecular weight excluding hydrogens is 276 g/mol. The topological polar surface area (TPSA) is 41.9 Å². The van der Waals surface area contributed by atoms with Crippen molar-refractivity contribution < 1.29 is 9.53 Å². The fraction of sp³-hybridized carbons (Fsp3) is 0.222. The first-order valence-corrected chi connectivity index (χ1v) is 7.19. The minimum absolute atomic E-state index is 0.308. The largest absolute Gasteiger partial charge is 0.462 e. The third-order valence-corrected chi connectivity index (χ3v) is 3.15. The molecule has 0 unspecified atom stereocenters. The number of carbonyl (C=O) groups is 1. The van der Waals surface area contributed by atoms with Gasteiger partial charge in [0.15, 0.2) is 0 Å². The number of hydrogen-bond donors (Lipinski definition) is 0. The summed E-state index contributed by atoms with van der Waals surface area (Å²) in [6, 6.07) is 15.2. The van der Waals surface area contributed by atoms with Gasteiger partial charge in [-0.15, -0.1) is 0 Å². The van der Waals surface area contributed by atoms with Crippen molar-refractivity contribution in [3.05, 3.63) is 59.7 Å². The number of benzene rings is 2. The lowest BCUT2D eigenvalue weighted by atomic mass is 10.2. The van der Waals surface area contributed by atoms with Gasteiger partial charge in [-0.05, 0) is 48.9 Å². The molecular formula is C18H20N2O2. The summed E-state index contributed by atoms with van der Waals surface area (Å²) in [5.41, 5.74) is 3.51. The third-order valence-electron chi connectivity index (χ3n) is 3.15. The summed E-state index contributed by atoms with van der Waals surface area (Å²) in [7, 11) is 4.02. The predicted octanol–water partition coefficient (Wildman–Crippen LogP) is 3.68. The van der Waals surface area contributed by atoms with Crippen LogP contribution in [0.5, 0.6) is 0 Å². The molecule has 0 bridgehead atoms. The quantitative estimate of drug-likeness (QED) is 0.624. The standard InChI is InChI=1S/C18H20N2O2/c1-4-22-18(21)15-7-9-16(10-8-15)19-13-14-5-11-17(12-6-14)20(2)3/h5-13H,4H2,1-3H3/b19-13+. The van der Waals surface area contributed by atoms with Gasteiger partial charge in [-0.3, -0.25) is 4.99 Å². The van der Waals surface area contributed by atoms with E-state index in [1.165, 1.54) is 0 Å².